The standard InChI is InChI=1S/C20H25N3O2S/c1-5-23(16-12-10-15(2)11-13-16)21-20(25)17-8-6-7-9-18(17)26-14-19(24)22(3)4/h6-13H,5,14H2,1-4H3,(H,21,25). The fraction of sp³-hybridized carbons (Fsp3) is 0.300. The minimum atomic E-state index is -0.187. The average Bonchev–Trinajstić information content (AvgIpc) is 2.64. The van der Waals surface area contributed by atoms with Crippen LogP contribution in [0.4, 0.5) is 5.69 Å². The highest BCUT2D eigenvalue weighted by Crippen LogP contribution is 2.23. The molecule has 0 bridgehead atoms. The van der Waals surface area contributed by atoms with E-state index in [1.54, 1.807) is 25.1 Å². The first-order valence-corrected chi connectivity index (χ1v) is 9.48. The molecule has 0 fully saturated rings. The first-order chi connectivity index (χ1) is 12.4. The monoisotopic (exact) mass is 371 g/mol. The molecule has 0 saturated carbocycles. The van der Waals surface area contributed by atoms with Gasteiger partial charge in [0.05, 0.1) is 17.0 Å². The van der Waals surface area contributed by atoms with Gasteiger partial charge in [-0.15, -0.1) is 11.8 Å². The van der Waals surface area contributed by atoms with Crippen molar-refractivity contribution < 1.29 is 9.59 Å². The first kappa shape index (κ1) is 19.8. The SMILES string of the molecule is CCN(NC(=O)c1ccccc1SCC(=O)N(C)C)c1ccc(C)cc1. The number of thioether (sulfide) groups is 1. The van der Waals surface area contributed by atoms with Crippen LogP contribution in [0.2, 0.25) is 0 Å². The fourth-order valence-corrected chi connectivity index (χ4v) is 3.31. The molecule has 2 aromatic carbocycles. The Morgan fingerprint density at radius 2 is 1.69 bits per heavy atom. The molecule has 0 aliphatic carbocycles. The fourth-order valence-electron chi connectivity index (χ4n) is 2.28. The van der Waals surface area contributed by atoms with Crippen LogP contribution in [0.5, 0.6) is 0 Å². The van der Waals surface area contributed by atoms with Crippen molar-refractivity contribution >= 4 is 29.3 Å². The Labute approximate surface area is 159 Å². The molecule has 2 amide bonds. The quantitative estimate of drug-likeness (QED) is 0.599. The molecular formula is C20H25N3O2S. The van der Waals surface area contributed by atoms with E-state index in [0.29, 0.717) is 17.9 Å². The molecule has 0 radical (unpaired) electrons. The van der Waals surface area contributed by atoms with E-state index in [0.717, 1.165) is 10.6 Å². The van der Waals surface area contributed by atoms with Crippen molar-refractivity contribution in [2.45, 2.75) is 18.7 Å². The molecule has 0 heterocycles. The largest absolute Gasteiger partial charge is 0.348 e. The number of nitrogens with one attached hydrogen (secondary N) is 1. The van der Waals surface area contributed by atoms with Crippen LogP contribution in [0.15, 0.2) is 53.4 Å². The third-order valence-corrected chi connectivity index (χ3v) is 4.94. The Bertz CT molecular complexity index is 760. The molecule has 0 aromatic heterocycles. The topological polar surface area (TPSA) is 52.7 Å². The van der Waals surface area contributed by atoms with E-state index in [1.807, 2.05) is 61.3 Å². The lowest BCUT2D eigenvalue weighted by molar-refractivity contribution is -0.125. The van der Waals surface area contributed by atoms with Crippen LogP contribution >= 0.6 is 11.8 Å². The van der Waals surface area contributed by atoms with Gasteiger partial charge < -0.3 is 4.90 Å². The number of carbonyl (C=O) groups is 2. The highest BCUT2D eigenvalue weighted by atomic mass is 32.2. The van der Waals surface area contributed by atoms with Gasteiger partial charge in [-0.2, -0.15) is 0 Å². The second-order valence-corrected chi connectivity index (χ2v) is 7.11. The number of rotatable bonds is 7. The van der Waals surface area contributed by atoms with Crippen molar-refractivity contribution in [2.24, 2.45) is 0 Å². The number of carbonyl (C=O) groups excluding carboxylic acids is 2. The molecule has 6 heteroatoms. The predicted molar refractivity (Wildman–Crippen MR) is 108 cm³/mol. The normalized spacial score (nSPS) is 10.3. The summed E-state index contributed by atoms with van der Waals surface area (Å²) in [7, 11) is 3.45. The molecule has 2 aromatic rings. The Morgan fingerprint density at radius 3 is 2.31 bits per heavy atom. The molecule has 26 heavy (non-hydrogen) atoms. The molecule has 138 valence electrons. The number of hydrazine groups is 1. The van der Waals surface area contributed by atoms with E-state index < -0.39 is 0 Å². The van der Waals surface area contributed by atoms with Crippen molar-refractivity contribution in [1.29, 1.82) is 0 Å². The van der Waals surface area contributed by atoms with Crippen molar-refractivity contribution in [3.05, 3.63) is 59.7 Å². The molecule has 0 aliphatic rings. The lowest BCUT2D eigenvalue weighted by atomic mass is 10.2. The van der Waals surface area contributed by atoms with Gasteiger partial charge in [-0.3, -0.25) is 20.0 Å². The summed E-state index contributed by atoms with van der Waals surface area (Å²) in [6.07, 6.45) is 0. The summed E-state index contributed by atoms with van der Waals surface area (Å²) in [6, 6.07) is 15.3. The van der Waals surface area contributed by atoms with Crippen molar-refractivity contribution in [2.75, 3.05) is 31.4 Å². The smallest absolute Gasteiger partial charge is 0.270 e. The lowest BCUT2D eigenvalue weighted by Gasteiger charge is -2.24. The van der Waals surface area contributed by atoms with Gasteiger partial charge in [0.25, 0.3) is 5.91 Å². The Kier molecular flexibility index (Phi) is 7.09. The van der Waals surface area contributed by atoms with E-state index in [9.17, 15) is 9.59 Å². The molecule has 2 rings (SSSR count). The summed E-state index contributed by atoms with van der Waals surface area (Å²) in [6.45, 7) is 4.65. The zero-order chi connectivity index (χ0) is 19.1. The number of hydrogen-bond acceptors (Lipinski definition) is 4. The third kappa shape index (κ3) is 5.26. The van der Waals surface area contributed by atoms with Crippen LogP contribution in [0, 0.1) is 6.92 Å². The zero-order valence-electron chi connectivity index (χ0n) is 15.7. The van der Waals surface area contributed by atoms with Crippen LogP contribution in [0.25, 0.3) is 0 Å². The summed E-state index contributed by atoms with van der Waals surface area (Å²) in [5, 5.41) is 1.81. The predicted octanol–water partition coefficient (Wildman–Crippen LogP) is 3.35. The van der Waals surface area contributed by atoms with Crippen LogP contribution in [-0.4, -0.2) is 43.1 Å². The second kappa shape index (κ2) is 9.29. The van der Waals surface area contributed by atoms with E-state index in [1.165, 1.54) is 17.3 Å². The first-order valence-electron chi connectivity index (χ1n) is 8.49. The molecule has 5 nitrogen and oxygen atoms in total. The molecule has 0 aliphatic heterocycles. The van der Waals surface area contributed by atoms with Gasteiger partial charge in [0.15, 0.2) is 0 Å². The van der Waals surface area contributed by atoms with Gasteiger partial charge in [-0.05, 0) is 38.1 Å². The van der Waals surface area contributed by atoms with E-state index in [4.69, 9.17) is 0 Å². The number of nitrogens with zero attached hydrogens (tertiary/aromatic N) is 2. The minimum absolute atomic E-state index is 0.0139. The van der Waals surface area contributed by atoms with Gasteiger partial charge in [0, 0.05) is 25.5 Å². The minimum Gasteiger partial charge on any atom is -0.348 e. The highest BCUT2D eigenvalue weighted by molar-refractivity contribution is 8.00. The molecule has 0 spiro atoms. The molecule has 1 N–H and O–H groups in total. The van der Waals surface area contributed by atoms with E-state index in [-0.39, 0.29) is 11.8 Å². The number of anilines is 1. The van der Waals surface area contributed by atoms with Crippen molar-refractivity contribution in [1.82, 2.24) is 10.3 Å². The van der Waals surface area contributed by atoms with Gasteiger partial charge in [-0.1, -0.05) is 29.8 Å². The Hall–Kier alpha value is -2.47. The van der Waals surface area contributed by atoms with Crippen LogP contribution in [0.3, 0.4) is 0 Å². The lowest BCUT2D eigenvalue weighted by Crippen LogP contribution is -2.42. The number of amides is 2. The molecule has 0 saturated heterocycles. The van der Waals surface area contributed by atoms with Gasteiger partial charge in [0.1, 0.15) is 0 Å². The average molecular weight is 372 g/mol. The molecule has 0 atom stereocenters. The Morgan fingerprint density at radius 1 is 1.04 bits per heavy atom. The summed E-state index contributed by atoms with van der Waals surface area (Å²) >= 11 is 1.37. The second-order valence-electron chi connectivity index (χ2n) is 6.09. The summed E-state index contributed by atoms with van der Waals surface area (Å²) < 4.78 is 0. The van der Waals surface area contributed by atoms with Crippen LogP contribution in [-0.2, 0) is 4.79 Å². The van der Waals surface area contributed by atoms with Gasteiger partial charge in [0.2, 0.25) is 5.91 Å². The summed E-state index contributed by atoms with van der Waals surface area (Å²) in [4.78, 5) is 27.0. The number of aryl methyl sites for hydroxylation is 1. The van der Waals surface area contributed by atoms with Crippen molar-refractivity contribution in [3.8, 4) is 0 Å². The van der Waals surface area contributed by atoms with Gasteiger partial charge in [-0.25, -0.2) is 0 Å². The number of benzene rings is 2. The summed E-state index contributed by atoms with van der Waals surface area (Å²) in [5.74, 6) is 0.125. The maximum atomic E-state index is 12.8. The molecule has 0 unspecified atom stereocenters. The van der Waals surface area contributed by atoms with E-state index >= 15 is 0 Å². The Balaban J connectivity index is 2.13. The molecular weight excluding hydrogens is 346 g/mol. The number of hydrogen-bond donors (Lipinski definition) is 1. The van der Waals surface area contributed by atoms with E-state index in [2.05, 4.69) is 5.43 Å². The van der Waals surface area contributed by atoms with Crippen molar-refractivity contribution in [3.63, 3.8) is 0 Å². The van der Waals surface area contributed by atoms with Gasteiger partial charge >= 0.3 is 0 Å². The van der Waals surface area contributed by atoms with Crippen LogP contribution in [0.1, 0.15) is 22.8 Å². The maximum Gasteiger partial charge on any atom is 0.270 e. The zero-order valence-corrected chi connectivity index (χ0v) is 16.5. The highest BCUT2D eigenvalue weighted by Gasteiger charge is 2.16. The maximum absolute atomic E-state index is 12.8. The van der Waals surface area contributed by atoms with Crippen LogP contribution < -0.4 is 10.4 Å². The third-order valence-electron chi connectivity index (χ3n) is 3.88. The summed E-state index contributed by atoms with van der Waals surface area (Å²) in [5.41, 5.74) is 5.62.